The van der Waals surface area contributed by atoms with Gasteiger partial charge in [-0.25, -0.2) is 12.8 Å². The van der Waals surface area contributed by atoms with Crippen LogP contribution in [0.3, 0.4) is 0 Å². The molecule has 5 rings (SSSR count). The summed E-state index contributed by atoms with van der Waals surface area (Å²) in [7, 11) is -3.51. The summed E-state index contributed by atoms with van der Waals surface area (Å²) in [5.74, 6) is -0.0253. The van der Waals surface area contributed by atoms with Gasteiger partial charge < -0.3 is 4.90 Å². The second-order valence-corrected chi connectivity index (χ2v) is 10.4. The number of nitrogens with zero attached hydrogens (tertiary/aromatic N) is 3. The van der Waals surface area contributed by atoms with Crippen molar-refractivity contribution in [2.45, 2.75) is 11.8 Å². The van der Waals surface area contributed by atoms with Crippen molar-refractivity contribution >= 4 is 32.2 Å². The quantitative estimate of drug-likeness (QED) is 0.604. The summed E-state index contributed by atoms with van der Waals surface area (Å²) >= 11 is 0. The molecule has 0 bridgehead atoms. The molecule has 3 aromatic carbocycles. The second-order valence-electron chi connectivity index (χ2n) is 8.54. The fraction of sp³-hybridized carbons (Fsp3) is 0.333. The van der Waals surface area contributed by atoms with Gasteiger partial charge in [-0.15, -0.1) is 0 Å². The highest BCUT2D eigenvalue weighted by molar-refractivity contribution is 7.93. The van der Waals surface area contributed by atoms with Crippen LogP contribution in [0.2, 0.25) is 0 Å². The van der Waals surface area contributed by atoms with Crippen LogP contribution in [-0.2, 0) is 10.0 Å². The Labute approximate surface area is 182 Å². The van der Waals surface area contributed by atoms with Gasteiger partial charge in [0.1, 0.15) is 5.82 Å². The normalized spacial score (nSPS) is 19.2. The van der Waals surface area contributed by atoms with Crippen molar-refractivity contribution in [3.8, 4) is 0 Å². The van der Waals surface area contributed by atoms with E-state index < -0.39 is 10.0 Å². The molecular weight excluding hydrogens is 413 g/mol. The molecule has 0 N–H and O–H groups in total. The predicted molar refractivity (Wildman–Crippen MR) is 123 cm³/mol. The third kappa shape index (κ3) is 3.66. The molecular formula is C24H26FN3O2S. The van der Waals surface area contributed by atoms with Gasteiger partial charge >= 0.3 is 0 Å². The molecule has 2 aliphatic rings. The average Bonchev–Trinajstić information content (AvgIpc) is 2.98. The smallest absolute Gasteiger partial charge is 0.265 e. The van der Waals surface area contributed by atoms with Crippen molar-refractivity contribution in [3.05, 3.63) is 66.5 Å². The predicted octanol–water partition coefficient (Wildman–Crippen LogP) is 3.95. The molecule has 162 valence electrons. The number of sulfonamides is 1. The van der Waals surface area contributed by atoms with Gasteiger partial charge in [-0.3, -0.25) is 9.21 Å². The highest BCUT2D eigenvalue weighted by Gasteiger charge is 2.36. The van der Waals surface area contributed by atoms with Crippen molar-refractivity contribution in [2.75, 3.05) is 48.5 Å². The molecule has 1 atom stereocenters. The van der Waals surface area contributed by atoms with Crippen LogP contribution in [0.1, 0.15) is 6.92 Å². The minimum absolute atomic E-state index is 0.191. The van der Waals surface area contributed by atoms with E-state index in [2.05, 4.69) is 16.7 Å². The van der Waals surface area contributed by atoms with E-state index in [1.165, 1.54) is 12.1 Å². The lowest BCUT2D eigenvalue weighted by Crippen LogP contribution is -2.48. The van der Waals surface area contributed by atoms with Crippen molar-refractivity contribution in [2.24, 2.45) is 5.92 Å². The topological polar surface area (TPSA) is 43.9 Å². The lowest BCUT2D eigenvalue weighted by Gasteiger charge is -2.37. The second kappa shape index (κ2) is 7.80. The number of hydrogen-bond donors (Lipinski definition) is 0. The number of halogens is 1. The third-order valence-electron chi connectivity index (χ3n) is 6.29. The van der Waals surface area contributed by atoms with E-state index in [9.17, 15) is 12.8 Å². The lowest BCUT2D eigenvalue weighted by atomic mass is 10.1. The van der Waals surface area contributed by atoms with Crippen LogP contribution in [0, 0.1) is 11.7 Å². The molecule has 0 aliphatic carbocycles. The summed E-state index contributed by atoms with van der Waals surface area (Å²) in [6, 6.07) is 17.9. The Morgan fingerprint density at radius 1 is 0.903 bits per heavy atom. The van der Waals surface area contributed by atoms with Gasteiger partial charge in [-0.05, 0) is 47.7 Å². The number of hydrogen-bond acceptors (Lipinski definition) is 4. The Morgan fingerprint density at radius 2 is 1.58 bits per heavy atom. The van der Waals surface area contributed by atoms with Crippen LogP contribution in [0.4, 0.5) is 15.8 Å². The van der Waals surface area contributed by atoms with Crippen LogP contribution < -0.4 is 9.21 Å². The lowest BCUT2D eigenvalue weighted by molar-refractivity contribution is 0.227. The molecule has 5 nitrogen and oxygen atoms in total. The fourth-order valence-corrected chi connectivity index (χ4v) is 6.61. The minimum atomic E-state index is -3.51. The third-order valence-corrected chi connectivity index (χ3v) is 8.11. The van der Waals surface area contributed by atoms with Crippen LogP contribution in [-0.4, -0.2) is 52.6 Å². The fourth-order valence-electron chi connectivity index (χ4n) is 4.78. The van der Waals surface area contributed by atoms with Gasteiger partial charge in [-0.1, -0.05) is 31.2 Å². The van der Waals surface area contributed by atoms with Gasteiger partial charge in [0.25, 0.3) is 10.0 Å². The van der Waals surface area contributed by atoms with Gasteiger partial charge in [0.05, 0.1) is 10.6 Å². The first-order valence-electron chi connectivity index (χ1n) is 10.7. The first-order chi connectivity index (χ1) is 14.9. The molecule has 1 unspecified atom stereocenters. The summed E-state index contributed by atoms with van der Waals surface area (Å²) < 4.78 is 41.1. The monoisotopic (exact) mass is 439 g/mol. The van der Waals surface area contributed by atoms with Crippen LogP contribution in [0.25, 0.3) is 10.8 Å². The van der Waals surface area contributed by atoms with E-state index >= 15 is 0 Å². The average molecular weight is 440 g/mol. The van der Waals surface area contributed by atoms with Gasteiger partial charge in [0.2, 0.25) is 0 Å². The first-order valence-corrected chi connectivity index (χ1v) is 12.1. The molecule has 0 amide bonds. The maximum Gasteiger partial charge on any atom is 0.265 e. The van der Waals surface area contributed by atoms with Crippen molar-refractivity contribution < 1.29 is 12.8 Å². The molecule has 2 heterocycles. The SMILES string of the molecule is CC(CN1CCN(c2ccc(F)cc2)CC1)CN1c2cccc3cccc(c23)S1(=O)=O. The van der Waals surface area contributed by atoms with E-state index in [0.717, 1.165) is 54.9 Å². The van der Waals surface area contributed by atoms with Crippen molar-refractivity contribution in [3.63, 3.8) is 0 Å². The first kappa shape index (κ1) is 20.3. The zero-order valence-electron chi connectivity index (χ0n) is 17.5. The largest absolute Gasteiger partial charge is 0.369 e. The van der Waals surface area contributed by atoms with Crippen LogP contribution in [0.15, 0.2) is 65.6 Å². The van der Waals surface area contributed by atoms with Gasteiger partial charge in [-0.2, -0.15) is 0 Å². The molecule has 3 aromatic rings. The molecule has 31 heavy (non-hydrogen) atoms. The van der Waals surface area contributed by atoms with E-state index in [1.54, 1.807) is 10.4 Å². The van der Waals surface area contributed by atoms with Crippen LogP contribution >= 0.6 is 0 Å². The maximum atomic E-state index is 13.2. The van der Waals surface area contributed by atoms with Gasteiger partial charge in [0, 0.05) is 50.3 Å². The van der Waals surface area contributed by atoms with E-state index in [0.29, 0.717) is 11.4 Å². The molecule has 0 spiro atoms. The van der Waals surface area contributed by atoms with E-state index in [4.69, 9.17) is 0 Å². The standard InChI is InChI=1S/C24H26FN3O2S/c1-18(16-26-12-14-27(15-13-26)21-10-8-20(25)9-11-21)17-28-22-6-2-4-19-5-3-7-23(24(19)22)31(28,29)30/h2-11,18H,12-17H2,1H3. The Bertz CT molecular complexity index is 1200. The zero-order chi connectivity index (χ0) is 21.6. The van der Waals surface area contributed by atoms with Crippen molar-refractivity contribution in [1.82, 2.24) is 4.90 Å². The highest BCUT2D eigenvalue weighted by Crippen LogP contribution is 2.42. The summed E-state index contributed by atoms with van der Waals surface area (Å²) in [5, 5.41) is 1.80. The number of piperazine rings is 1. The molecule has 0 aromatic heterocycles. The van der Waals surface area contributed by atoms with Crippen LogP contribution in [0.5, 0.6) is 0 Å². The summed E-state index contributed by atoms with van der Waals surface area (Å²) in [6.45, 7) is 7.00. The Balaban J connectivity index is 1.24. The zero-order valence-corrected chi connectivity index (χ0v) is 18.4. The number of benzene rings is 3. The molecule has 0 radical (unpaired) electrons. The molecule has 1 fully saturated rings. The number of rotatable bonds is 5. The highest BCUT2D eigenvalue weighted by atomic mass is 32.2. The Hall–Kier alpha value is -2.64. The van der Waals surface area contributed by atoms with E-state index in [1.807, 2.05) is 42.5 Å². The van der Waals surface area contributed by atoms with Crippen molar-refractivity contribution in [1.29, 1.82) is 0 Å². The number of anilines is 2. The minimum Gasteiger partial charge on any atom is -0.369 e. The summed E-state index contributed by atoms with van der Waals surface area (Å²) in [6.07, 6.45) is 0. The Morgan fingerprint density at radius 3 is 2.29 bits per heavy atom. The summed E-state index contributed by atoms with van der Waals surface area (Å²) in [5.41, 5.74) is 1.84. The van der Waals surface area contributed by atoms with Gasteiger partial charge in [0.15, 0.2) is 0 Å². The summed E-state index contributed by atoms with van der Waals surface area (Å²) in [4.78, 5) is 5.07. The van der Waals surface area contributed by atoms with E-state index in [-0.39, 0.29) is 11.7 Å². The maximum absolute atomic E-state index is 13.2. The molecule has 1 saturated heterocycles. The molecule has 0 saturated carbocycles. The molecule has 2 aliphatic heterocycles. The molecule has 7 heteroatoms. The Kier molecular flexibility index (Phi) is 5.10.